The lowest BCUT2D eigenvalue weighted by Crippen LogP contribution is -2.08. The minimum absolute atomic E-state index is 0.519. The first-order valence-corrected chi connectivity index (χ1v) is 5.87. The van der Waals surface area contributed by atoms with E-state index in [4.69, 9.17) is 4.74 Å². The van der Waals surface area contributed by atoms with E-state index < -0.39 is 0 Å². The third kappa shape index (κ3) is 1.88. The first-order chi connectivity index (χ1) is 7.22. The number of hydrogen-bond acceptors (Lipinski definition) is 1. The van der Waals surface area contributed by atoms with Crippen molar-refractivity contribution in [3.8, 4) is 5.75 Å². The van der Waals surface area contributed by atoms with Crippen LogP contribution in [0.3, 0.4) is 0 Å². The van der Waals surface area contributed by atoms with Crippen LogP contribution in [0.4, 0.5) is 0 Å². The smallest absolute Gasteiger partial charge is 0.119 e. The van der Waals surface area contributed by atoms with Crippen LogP contribution in [0.5, 0.6) is 5.75 Å². The lowest BCUT2D eigenvalue weighted by atomic mass is 9.88. The molecule has 0 aliphatic heterocycles. The molecule has 82 valence electrons. The van der Waals surface area contributed by atoms with Crippen LogP contribution in [0.2, 0.25) is 0 Å². The highest BCUT2D eigenvalue weighted by molar-refractivity contribution is 5.42. The summed E-state index contributed by atoms with van der Waals surface area (Å²) in [6.07, 6.45) is 5.35. The quantitative estimate of drug-likeness (QED) is 0.724. The van der Waals surface area contributed by atoms with Crippen molar-refractivity contribution >= 4 is 0 Å². The van der Waals surface area contributed by atoms with Crippen LogP contribution in [-0.4, -0.2) is 7.11 Å². The van der Waals surface area contributed by atoms with Crippen LogP contribution in [0.15, 0.2) is 18.2 Å². The van der Waals surface area contributed by atoms with E-state index >= 15 is 0 Å². The molecule has 1 heteroatoms. The van der Waals surface area contributed by atoms with Crippen LogP contribution >= 0.6 is 0 Å². The van der Waals surface area contributed by atoms with Gasteiger partial charge in [-0.2, -0.15) is 0 Å². The molecule has 0 spiro atoms. The van der Waals surface area contributed by atoms with E-state index in [1.165, 1.54) is 31.2 Å². The van der Waals surface area contributed by atoms with Crippen LogP contribution in [-0.2, 0) is 5.41 Å². The Morgan fingerprint density at radius 2 is 2.07 bits per heavy atom. The SMILES string of the molecule is CCCC1(c2ccc(OC)cc2C)CC1. The second-order valence-electron chi connectivity index (χ2n) is 4.71. The number of hydrogen-bond donors (Lipinski definition) is 0. The molecule has 1 aromatic carbocycles. The molecule has 0 saturated heterocycles. The van der Waals surface area contributed by atoms with E-state index in [1.54, 1.807) is 12.7 Å². The number of rotatable bonds is 4. The third-order valence-electron chi connectivity index (χ3n) is 3.59. The summed E-state index contributed by atoms with van der Waals surface area (Å²) in [5.41, 5.74) is 3.45. The maximum atomic E-state index is 5.24. The Bertz CT molecular complexity index is 350. The van der Waals surface area contributed by atoms with Gasteiger partial charge in [0.15, 0.2) is 0 Å². The fraction of sp³-hybridized carbons (Fsp3) is 0.571. The van der Waals surface area contributed by atoms with E-state index in [1.807, 2.05) is 0 Å². The van der Waals surface area contributed by atoms with Gasteiger partial charge in [-0.3, -0.25) is 0 Å². The highest BCUT2D eigenvalue weighted by Gasteiger charge is 2.43. The lowest BCUT2D eigenvalue weighted by molar-refractivity contribution is 0.414. The molecule has 0 unspecified atom stereocenters. The molecule has 0 atom stereocenters. The predicted octanol–water partition coefficient (Wildman–Crippen LogP) is 3.84. The summed E-state index contributed by atoms with van der Waals surface area (Å²) in [6.45, 7) is 4.48. The first-order valence-electron chi connectivity index (χ1n) is 5.87. The van der Waals surface area contributed by atoms with Crippen molar-refractivity contribution < 1.29 is 4.74 Å². The molecule has 0 bridgehead atoms. The van der Waals surface area contributed by atoms with Gasteiger partial charge in [0, 0.05) is 0 Å². The standard InChI is InChI=1S/C14H20O/c1-4-7-14(8-9-14)13-6-5-12(15-3)10-11(13)2/h5-6,10H,4,7-9H2,1-3H3. The van der Waals surface area contributed by atoms with Crippen molar-refractivity contribution in [3.63, 3.8) is 0 Å². The lowest BCUT2D eigenvalue weighted by Gasteiger charge is -2.18. The molecule has 0 N–H and O–H groups in total. The average molecular weight is 204 g/mol. The number of benzene rings is 1. The van der Waals surface area contributed by atoms with Crippen LogP contribution in [0.1, 0.15) is 43.7 Å². The monoisotopic (exact) mass is 204 g/mol. The molecule has 1 nitrogen and oxygen atoms in total. The molecular weight excluding hydrogens is 184 g/mol. The molecule has 0 radical (unpaired) electrons. The summed E-state index contributed by atoms with van der Waals surface area (Å²) in [5, 5.41) is 0. The zero-order chi connectivity index (χ0) is 10.9. The molecule has 1 aromatic rings. The summed E-state index contributed by atoms with van der Waals surface area (Å²) in [4.78, 5) is 0. The van der Waals surface area contributed by atoms with E-state index in [9.17, 15) is 0 Å². The average Bonchev–Trinajstić information content (AvgIpc) is 2.99. The van der Waals surface area contributed by atoms with E-state index in [-0.39, 0.29) is 0 Å². The molecular formula is C14H20O. The zero-order valence-corrected chi connectivity index (χ0v) is 9.97. The Kier molecular flexibility index (Phi) is 2.72. The van der Waals surface area contributed by atoms with Gasteiger partial charge in [0.25, 0.3) is 0 Å². The maximum absolute atomic E-state index is 5.24. The number of aryl methyl sites for hydroxylation is 1. The highest BCUT2D eigenvalue weighted by Crippen LogP contribution is 2.52. The van der Waals surface area contributed by atoms with Gasteiger partial charge in [0.05, 0.1) is 7.11 Å². The Labute approximate surface area is 92.5 Å². The van der Waals surface area contributed by atoms with Gasteiger partial charge >= 0.3 is 0 Å². The summed E-state index contributed by atoms with van der Waals surface area (Å²) in [5.74, 6) is 0.976. The molecule has 1 saturated carbocycles. The van der Waals surface area contributed by atoms with Crippen LogP contribution in [0.25, 0.3) is 0 Å². The van der Waals surface area contributed by atoms with Crippen LogP contribution in [0, 0.1) is 6.92 Å². The normalized spacial score (nSPS) is 17.5. The molecule has 1 aliphatic carbocycles. The summed E-state index contributed by atoms with van der Waals surface area (Å²) >= 11 is 0. The second-order valence-corrected chi connectivity index (χ2v) is 4.71. The van der Waals surface area contributed by atoms with Crippen LogP contribution < -0.4 is 4.74 Å². The number of methoxy groups -OCH3 is 1. The van der Waals surface area contributed by atoms with Gasteiger partial charge in [-0.25, -0.2) is 0 Å². The Balaban J connectivity index is 2.29. The van der Waals surface area contributed by atoms with Gasteiger partial charge < -0.3 is 4.74 Å². The van der Waals surface area contributed by atoms with Crippen molar-refractivity contribution in [1.29, 1.82) is 0 Å². The van der Waals surface area contributed by atoms with Gasteiger partial charge in [-0.05, 0) is 54.9 Å². The van der Waals surface area contributed by atoms with Crippen molar-refractivity contribution in [1.82, 2.24) is 0 Å². The fourth-order valence-electron chi connectivity index (χ4n) is 2.64. The Morgan fingerprint density at radius 3 is 2.53 bits per heavy atom. The second kappa shape index (κ2) is 3.88. The summed E-state index contributed by atoms with van der Waals surface area (Å²) in [6, 6.07) is 6.51. The molecule has 2 rings (SSSR count). The maximum Gasteiger partial charge on any atom is 0.119 e. The Hall–Kier alpha value is -0.980. The van der Waals surface area contributed by atoms with Gasteiger partial charge in [0.1, 0.15) is 5.75 Å². The molecule has 0 aromatic heterocycles. The van der Waals surface area contributed by atoms with Crippen molar-refractivity contribution in [2.24, 2.45) is 0 Å². The minimum atomic E-state index is 0.519. The third-order valence-corrected chi connectivity index (χ3v) is 3.59. The summed E-state index contributed by atoms with van der Waals surface area (Å²) < 4.78 is 5.24. The molecule has 0 heterocycles. The zero-order valence-electron chi connectivity index (χ0n) is 9.97. The van der Waals surface area contributed by atoms with Crippen molar-refractivity contribution in [2.45, 2.75) is 44.9 Å². The van der Waals surface area contributed by atoms with E-state index in [0.717, 1.165) is 5.75 Å². The highest BCUT2D eigenvalue weighted by atomic mass is 16.5. The summed E-state index contributed by atoms with van der Waals surface area (Å²) in [7, 11) is 1.73. The molecule has 15 heavy (non-hydrogen) atoms. The predicted molar refractivity (Wildman–Crippen MR) is 63.6 cm³/mol. The topological polar surface area (TPSA) is 9.23 Å². The van der Waals surface area contributed by atoms with Gasteiger partial charge in [-0.1, -0.05) is 19.4 Å². The fourth-order valence-corrected chi connectivity index (χ4v) is 2.64. The van der Waals surface area contributed by atoms with Gasteiger partial charge in [-0.15, -0.1) is 0 Å². The van der Waals surface area contributed by atoms with Crippen molar-refractivity contribution in [3.05, 3.63) is 29.3 Å². The van der Waals surface area contributed by atoms with Gasteiger partial charge in [0.2, 0.25) is 0 Å². The number of ether oxygens (including phenoxy) is 1. The largest absolute Gasteiger partial charge is 0.497 e. The molecule has 1 aliphatic rings. The first kappa shape index (κ1) is 10.5. The minimum Gasteiger partial charge on any atom is -0.497 e. The van der Waals surface area contributed by atoms with Crippen molar-refractivity contribution in [2.75, 3.05) is 7.11 Å². The Morgan fingerprint density at radius 1 is 1.33 bits per heavy atom. The van der Waals surface area contributed by atoms with E-state index in [2.05, 4.69) is 32.0 Å². The van der Waals surface area contributed by atoms with E-state index in [0.29, 0.717) is 5.41 Å². The molecule has 1 fully saturated rings. The molecule has 0 amide bonds.